The maximum atomic E-state index is 11.6. The molecule has 2 amide bonds. The molecule has 1 saturated carbocycles. The highest BCUT2D eigenvalue weighted by atomic mass is 32.2. The molecule has 1 aliphatic carbocycles. The summed E-state index contributed by atoms with van der Waals surface area (Å²) in [6, 6.07) is -0.470. The average molecular weight is 274 g/mol. The van der Waals surface area contributed by atoms with E-state index in [2.05, 4.69) is 17.6 Å². The third-order valence-electron chi connectivity index (χ3n) is 3.14. The van der Waals surface area contributed by atoms with Gasteiger partial charge in [-0.05, 0) is 31.4 Å². The van der Waals surface area contributed by atoms with Gasteiger partial charge in [-0.2, -0.15) is 11.8 Å². The average Bonchev–Trinajstić information content (AvgIpc) is 3.11. The van der Waals surface area contributed by atoms with Crippen molar-refractivity contribution in [2.24, 2.45) is 5.92 Å². The zero-order valence-electron chi connectivity index (χ0n) is 10.9. The van der Waals surface area contributed by atoms with Crippen molar-refractivity contribution in [3.63, 3.8) is 0 Å². The van der Waals surface area contributed by atoms with Crippen molar-refractivity contribution in [2.75, 3.05) is 12.8 Å². The van der Waals surface area contributed by atoms with E-state index in [-0.39, 0.29) is 18.5 Å². The molecule has 5 nitrogen and oxygen atoms in total. The number of amides is 2. The summed E-state index contributed by atoms with van der Waals surface area (Å²) in [5, 5.41) is 14.8. The van der Waals surface area contributed by atoms with E-state index < -0.39 is 5.97 Å². The highest BCUT2D eigenvalue weighted by Gasteiger charge is 2.33. The lowest BCUT2D eigenvalue weighted by Gasteiger charge is -2.17. The number of carbonyl (C=O) groups excluding carboxylic acids is 1. The van der Waals surface area contributed by atoms with E-state index in [1.807, 2.05) is 6.26 Å². The van der Waals surface area contributed by atoms with Gasteiger partial charge in [-0.25, -0.2) is 4.79 Å². The topological polar surface area (TPSA) is 78.4 Å². The Labute approximate surface area is 112 Å². The summed E-state index contributed by atoms with van der Waals surface area (Å²) < 4.78 is 0. The Morgan fingerprint density at radius 3 is 2.61 bits per heavy atom. The van der Waals surface area contributed by atoms with Crippen LogP contribution in [0.5, 0.6) is 0 Å². The fraction of sp³-hybridized carbons (Fsp3) is 0.833. The molecule has 3 N–H and O–H groups in total. The third-order valence-corrected chi connectivity index (χ3v) is 4.18. The molecule has 18 heavy (non-hydrogen) atoms. The predicted molar refractivity (Wildman–Crippen MR) is 72.9 cm³/mol. The fourth-order valence-electron chi connectivity index (χ4n) is 1.75. The first-order valence-electron chi connectivity index (χ1n) is 6.32. The maximum absolute atomic E-state index is 11.6. The number of rotatable bonds is 8. The van der Waals surface area contributed by atoms with Crippen molar-refractivity contribution in [3.8, 4) is 0 Å². The van der Waals surface area contributed by atoms with Crippen molar-refractivity contribution in [1.29, 1.82) is 0 Å². The number of aliphatic carboxylic acids is 1. The molecule has 0 aliphatic heterocycles. The molecule has 0 radical (unpaired) electrons. The molecule has 2 atom stereocenters. The van der Waals surface area contributed by atoms with Crippen LogP contribution in [0.25, 0.3) is 0 Å². The molecule has 1 fully saturated rings. The lowest BCUT2D eigenvalue weighted by atomic mass is 10.1. The summed E-state index contributed by atoms with van der Waals surface area (Å²) in [6.45, 7) is 2.74. The van der Waals surface area contributed by atoms with Gasteiger partial charge in [-0.3, -0.25) is 4.79 Å². The maximum Gasteiger partial charge on any atom is 0.315 e. The Morgan fingerprint density at radius 2 is 2.11 bits per heavy atom. The molecular weight excluding hydrogens is 252 g/mol. The highest BCUT2D eigenvalue weighted by Crippen LogP contribution is 2.33. The summed E-state index contributed by atoms with van der Waals surface area (Å²) >= 11 is 1.76. The second kappa shape index (κ2) is 7.51. The summed E-state index contributed by atoms with van der Waals surface area (Å²) in [6.07, 6.45) is 5.01. The standard InChI is InChI=1S/C12H22N2O3S/c1-8(18-2)5-6-13-12(17)14-10(7-11(15)16)9-3-4-9/h8-10H,3-7H2,1-2H3,(H,15,16)(H2,13,14,17). The van der Waals surface area contributed by atoms with Gasteiger partial charge in [0.05, 0.1) is 6.42 Å². The lowest BCUT2D eigenvalue weighted by molar-refractivity contribution is -0.137. The van der Waals surface area contributed by atoms with Gasteiger partial charge in [0.1, 0.15) is 0 Å². The molecule has 1 aliphatic rings. The molecule has 0 saturated heterocycles. The summed E-state index contributed by atoms with van der Waals surface area (Å²) in [5.41, 5.74) is 0. The Kier molecular flexibility index (Phi) is 6.32. The summed E-state index contributed by atoms with van der Waals surface area (Å²) in [4.78, 5) is 22.3. The highest BCUT2D eigenvalue weighted by molar-refractivity contribution is 7.99. The molecule has 0 aromatic rings. The lowest BCUT2D eigenvalue weighted by Crippen LogP contribution is -2.44. The van der Waals surface area contributed by atoms with Gasteiger partial charge in [0.15, 0.2) is 0 Å². The predicted octanol–water partition coefficient (Wildman–Crippen LogP) is 1.68. The third kappa shape index (κ3) is 6.14. The fourth-order valence-corrected chi connectivity index (χ4v) is 2.10. The van der Waals surface area contributed by atoms with E-state index in [9.17, 15) is 9.59 Å². The number of carboxylic acid groups (broad SMARTS) is 1. The van der Waals surface area contributed by atoms with E-state index in [0.29, 0.717) is 17.7 Å². The van der Waals surface area contributed by atoms with E-state index in [0.717, 1.165) is 19.3 Å². The van der Waals surface area contributed by atoms with Crippen LogP contribution in [0.2, 0.25) is 0 Å². The first-order valence-corrected chi connectivity index (χ1v) is 7.60. The molecule has 0 spiro atoms. The number of carbonyl (C=O) groups is 2. The van der Waals surface area contributed by atoms with Crippen LogP contribution in [0.1, 0.15) is 32.6 Å². The van der Waals surface area contributed by atoms with Gasteiger partial charge in [0.25, 0.3) is 0 Å². The van der Waals surface area contributed by atoms with Gasteiger partial charge in [-0.15, -0.1) is 0 Å². The van der Waals surface area contributed by atoms with Crippen LogP contribution >= 0.6 is 11.8 Å². The van der Waals surface area contributed by atoms with E-state index in [1.54, 1.807) is 11.8 Å². The van der Waals surface area contributed by atoms with Crippen molar-refractivity contribution < 1.29 is 14.7 Å². The Morgan fingerprint density at radius 1 is 1.44 bits per heavy atom. The van der Waals surface area contributed by atoms with Crippen molar-refractivity contribution >= 4 is 23.8 Å². The van der Waals surface area contributed by atoms with Crippen LogP contribution in [-0.4, -0.2) is 41.2 Å². The van der Waals surface area contributed by atoms with Gasteiger partial charge in [0.2, 0.25) is 0 Å². The first kappa shape index (κ1) is 15.1. The van der Waals surface area contributed by atoms with Crippen LogP contribution in [0, 0.1) is 5.92 Å². The zero-order valence-corrected chi connectivity index (χ0v) is 11.8. The summed E-state index contributed by atoms with van der Waals surface area (Å²) in [7, 11) is 0. The second-order valence-corrected chi connectivity index (χ2v) is 6.05. The number of nitrogens with one attached hydrogen (secondary N) is 2. The van der Waals surface area contributed by atoms with Crippen LogP contribution in [0.4, 0.5) is 4.79 Å². The molecule has 0 aromatic heterocycles. The van der Waals surface area contributed by atoms with Crippen molar-refractivity contribution in [1.82, 2.24) is 10.6 Å². The molecular formula is C12H22N2O3S. The Bertz CT molecular complexity index is 295. The molecule has 1 rings (SSSR count). The Hall–Kier alpha value is -0.910. The number of hydrogen-bond donors (Lipinski definition) is 3. The molecule has 6 heteroatoms. The largest absolute Gasteiger partial charge is 0.481 e. The SMILES string of the molecule is CSC(C)CCNC(=O)NC(CC(=O)O)C1CC1. The molecule has 0 aromatic carbocycles. The van der Waals surface area contributed by atoms with Gasteiger partial charge >= 0.3 is 12.0 Å². The van der Waals surface area contributed by atoms with E-state index in [1.165, 1.54) is 0 Å². The van der Waals surface area contributed by atoms with Crippen molar-refractivity contribution in [3.05, 3.63) is 0 Å². The van der Waals surface area contributed by atoms with Gasteiger partial charge in [0, 0.05) is 17.8 Å². The number of hydrogen-bond acceptors (Lipinski definition) is 3. The Balaban J connectivity index is 2.22. The molecule has 104 valence electrons. The van der Waals surface area contributed by atoms with Gasteiger partial charge in [-0.1, -0.05) is 6.92 Å². The monoisotopic (exact) mass is 274 g/mol. The van der Waals surface area contributed by atoms with Crippen molar-refractivity contribution in [2.45, 2.75) is 43.9 Å². The first-order chi connectivity index (χ1) is 8.52. The minimum atomic E-state index is -0.858. The van der Waals surface area contributed by atoms with E-state index in [4.69, 9.17) is 5.11 Å². The van der Waals surface area contributed by atoms with Crippen LogP contribution < -0.4 is 10.6 Å². The molecule has 2 unspecified atom stereocenters. The number of urea groups is 1. The molecule has 0 bridgehead atoms. The van der Waals surface area contributed by atoms with E-state index >= 15 is 0 Å². The van der Waals surface area contributed by atoms with Crippen LogP contribution in [0.3, 0.4) is 0 Å². The van der Waals surface area contributed by atoms with Crippen LogP contribution in [-0.2, 0) is 4.79 Å². The minimum absolute atomic E-state index is 0.0132. The quantitative estimate of drug-likeness (QED) is 0.629. The summed E-state index contributed by atoms with van der Waals surface area (Å²) in [5.74, 6) is -0.514. The number of thioether (sulfide) groups is 1. The smallest absolute Gasteiger partial charge is 0.315 e. The van der Waals surface area contributed by atoms with Crippen LogP contribution in [0.15, 0.2) is 0 Å². The normalized spacial score (nSPS) is 17.9. The molecule has 0 heterocycles. The minimum Gasteiger partial charge on any atom is -0.481 e. The zero-order chi connectivity index (χ0) is 13.5. The van der Waals surface area contributed by atoms with Gasteiger partial charge < -0.3 is 15.7 Å². The number of carboxylic acids is 1. The second-order valence-electron chi connectivity index (χ2n) is 4.78.